The molecule has 1 N–H and O–H groups in total. The van der Waals surface area contributed by atoms with Gasteiger partial charge in [0.2, 0.25) is 0 Å². The van der Waals surface area contributed by atoms with Crippen molar-refractivity contribution in [3.8, 4) is 0 Å². The Bertz CT molecular complexity index is 363. The molecule has 0 saturated heterocycles. The van der Waals surface area contributed by atoms with Crippen LogP contribution in [0.5, 0.6) is 0 Å². The molecule has 1 atom stereocenters. The minimum Gasteiger partial charge on any atom is -0.355 e. The average molecular weight is 265 g/mol. The number of hydrogen-bond acceptors (Lipinski definition) is 2. The number of guanidine groups is 1. The van der Waals surface area contributed by atoms with Gasteiger partial charge in [-0.2, -0.15) is 11.8 Å². The molecule has 1 unspecified atom stereocenters. The molecule has 3 nitrogen and oxygen atoms in total. The van der Waals surface area contributed by atoms with Crippen LogP contribution in [-0.4, -0.2) is 43.0 Å². The van der Waals surface area contributed by atoms with E-state index in [9.17, 15) is 0 Å². The highest BCUT2D eigenvalue weighted by molar-refractivity contribution is 7.99. The Morgan fingerprint density at radius 2 is 2.00 bits per heavy atom. The van der Waals surface area contributed by atoms with Gasteiger partial charge in [0.05, 0.1) is 6.54 Å². The molecular weight excluding hydrogens is 242 g/mol. The predicted molar refractivity (Wildman–Crippen MR) is 82.2 cm³/mol. The van der Waals surface area contributed by atoms with Crippen molar-refractivity contribution >= 4 is 17.7 Å². The van der Waals surface area contributed by atoms with Gasteiger partial charge in [-0.05, 0) is 11.8 Å². The summed E-state index contributed by atoms with van der Waals surface area (Å²) in [5.41, 5.74) is 1.23. The third-order valence-electron chi connectivity index (χ3n) is 2.63. The predicted octanol–water partition coefficient (Wildman–Crippen LogP) is 2.45. The van der Waals surface area contributed by atoms with Crippen molar-refractivity contribution in [3.05, 3.63) is 35.9 Å². The highest BCUT2D eigenvalue weighted by Gasteiger charge is 2.04. The Labute approximate surface area is 115 Å². The summed E-state index contributed by atoms with van der Waals surface area (Å²) in [4.78, 5) is 6.65. The lowest BCUT2D eigenvalue weighted by atomic mass is 10.2. The molecule has 4 heteroatoms. The topological polar surface area (TPSA) is 27.6 Å². The van der Waals surface area contributed by atoms with E-state index in [-0.39, 0.29) is 0 Å². The van der Waals surface area contributed by atoms with Gasteiger partial charge in [0.1, 0.15) is 0 Å². The smallest absolute Gasteiger partial charge is 0.193 e. The normalized spacial score (nSPS) is 13.2. The molecule has 0 aliphatic rings. The number of thioether (sulfide) groups is 1. The van der Waals surface area contributed by atoms with Crippen LogP contribution in [0.25, 0.3) is 0 Å². The van der Waals surface area contributed by atoms with Gasteiger partial charge in [0, 0.05) is 25.9 Å². The standard InChI is InChI=1S/C14H23N3S/c1-12(18-4)10-15-14(17(2)3)16-11-13-8-6-5-7-9-13/h5-9,12H,10-11H2,1-4H3,(H,15,16). The van der Waals surface area contributed by atoms with Crippen LogP contribution < -0.4 is 5.32 Å². The van der Waals surface area contributed by atoms with E-state index in [1.807, 2.05) is 49.0 Å². The van der Waals surface area contributed by atoms with E-state index in [2.05, 4.69) is 35.6 Å². The SMILES string of the molecule is CSC(C)CNC(=NCc1ccccc1)N(C)C. The van der Waals surface area contributed by atoms with Crippen molar-refractivity contribution < 1.29 is 0 Å². The zero-order chi connectivity index (χ0) is 13.4. The van der Waals surface area contributed by atoms with Crippen molar-refractivity contribution in [1.29, 1.82) is 0 Å². The van der Waals surface area contributed by atoms with Crippen LogP contribution in [0.1, 0.15) is 12.5 Å². The molecule has 0 bridgehead atoms. The van der Waals surface area contributed by atoms with Gasteiger partial charge in [-0.1, -0.05) is 37.3 Å². The summed E-state index contributed by atoms with van der Waals surface area (Å²) in [7, 11) is 4.03. The molecule has 0 heterocycles. The van der Waals surface area contributed by atoms with Crippen LogP contribution in [-0.2, 0) is 6.54 Å². The molecule has 0 saturated carbocycles. The van der Waals surface area contributed by atoms with Crippen LogP contribution in [0.4, 0.5) is 0 Å². The summed E-state index contributed by atoms with van der Waals surface area (Å²) in [6.07, 6.45) is 2.13. The summed E-state index contributed by atoms with van der Waals surface area (Å²) in [5, 5.41) is 3.98. The van der Waals surface area contributed by atoms with Gasteiger partial charge < -0.3 is 10.2 Å². The van der Waals surface area contributed by atoms with E-state index in [1.165, 1.54) is 5.56 Å². The molecule has 0 fully saturated rings. The summed E-state index contributed by atoms with van der Waals surface area (Å²) in [5.74, 6) is 0.944. The number of hydrogen-bond donors (Lipinski definition) is 1. The molecule has 0 radical (unpaired) electrons. The zero-order valence-electron chi connectivity index (χ0n) is 11.7. The molecule has 0 amide bonds. The number of rotatable bonds is 5. The van der Waals surface area contributed by atoms with Crippen LogP contribution in [0.3, 0.4) is 0 Å². The van der Waals surface area contributed by atoms with E-state index < -0.39 is 0 Å². The Morgan fingerprint density at radius 3 is 2.56 bits per heavy atom. The molecule has 0 aliphatic heterocycles. The maximum atomic E-state index is 4.62. The highest BCUT2D eigenvalue weighted by atomic mass is 32.2. The average Bonchev–Trinajstić information content (AvgIpc) is 2.39. The summed E-state index contributed by atoms with van der Waals surface area (Å²) in [6, 6.07) is 10.3. The second-order valence-electron chi connectivity index (χ2n) is 4.45. The van der Waals surface area contributed by atoms with Crippen molar-refractivity contribution in [2.24, 2.45) is 4.99 Å². The molecule has 1 rings (SSSR count). The quantitative estimate of drug-likeness (QED) is 0.654. The maximum Gasteiger partial charge on any atom is 0.193 e. The number of nitrogens with one attached hydrogen (secondary N) is 1. The Hall–Kier alpha value is -1.16. The fourth-order valence-electron chi connectivity index (χ4n) is 1.42. The minimum absolute atomic E-state index is 0.590. The first kappa shape index (κ1) is 14.9. The van der Waals surface area contributed by atoms with Gasteiger partial charge in [-0.15, -0.1) is 0 Å². The zero-order valence-corrected chi connectivity index (χ0v) is 12.5. The minimum atomic E-state index is 0.590. The molecule has 1 aromatic carbocycles. The van der Waals surface area contributed by atoms with Gasteiger partial charge >= 0.3 is 0 Å². The summed E-state index contributed by atoms with van der Waals surface area (Å²) < 4.78 is 0. The van der Waals surface area contributed by atoms with Crippen molar-refractivity contribution in [2.45, 2.75) is 18.7 Å². The molecule has 18 heavy (non-hydrogen) atoms. The van der Waals surface area contributed by atoms with E-state index in [1.54, 1.807) is 0 Å². The van der Waals surface area contributed by atoms with Crippen LogP contribution >= 0.6 is 11.8 Å². The first-order valence-corrected chi connectivity index (χ1v) is 7.44. The molecule has 100 valence electrons. The fraction of sp³-hybridized carbons (Fsp3) is 0.500. The van der Waals surface area contributed by atoms with Crippen LogP contribution in [0.15, 0.2) is 35.3 Å². The first-order chi connectivity index (χ1) is 8.63. The fourth-order valence-corrected chi connectivity index (χ4v) is 1.67. The van der Waals surface area contributed by atoms with E-state index in [0.29, 0.717) is 5.25 Å². The van der Waals surface area contributed by atoms with E-state index in [4.69, 9.17) is 0 Å². The number of nitrogens with zero attached hydrogens (tertiary/aromatic N) is 2. The second-order valence-corrected chi connectivity index (χ2v) is 5.72. The first-order valence-electron chi connectivity index (χ1n) is 6.16. The molecule has 0 aromatic heterocycles. The Balaban J connectivity index is 2.56. The van der Waals surface area contributed by atoms with Crippen molar-refractivity contribution in [3.63, 3.8) is 0 Å². The number of aliphatic imine (C=N–C) groups is 1. The van der Waals surface area contributed by atoms with E-state index >= 15 is 0 Å². The molecular formula is C14H23N3S. The largest absolute Gasteiger partial charge is 0.355 e. The van der Waals surface area contributed by atoms with Crippen molar-refractivity contribution in [1.82, 2.24) is 10.2 Å². The molecule has 0 spiro atoms. The number of benzene rings is 1. The lowest BCUT2D eigenvalue weighted by Gasteiger charge is -2.19. The van der Waals surface area contributed by atoms with Crippen LogP contribution in [0.2, 0.25) is 0 Å². The molecule has 1 aromatic rings. The van der Waals surface area contributed by atoms with Crippen molar-refractivity contribution in [2.75, 3.05) is 26.9 Å². The van der Waals surface area contributed by atoms with Gasteiger partial charge in [-0.3, -0.25) is 0 Å². The monoisotopic (exact) mass is 265 g/mol. The molecule has 0 aliphatic carbocycles. The lowest BCUT2D eigenvalue weighted by molar-refractivity contribution is 0.579. The Morgan fingerprint density at radius 1 is 1.33 bits per heavy atom. The summed E-state index contributed by atoms with van der Waals surface area (Å²) in [6.45, 7) is 3.87. The van der Waals surface area contributed by atoms with E-state index in [0.717, 1.165) is 19.0 Å². The lowest BCUT2D eigenvalue weighted by Crippen LogP contribution is -2.39. The maximum absolute atomic E-state index is 4.62. The van der Waals surface area contributed by atoms with Gasteiger partial charge in [-0.25, -0.2) is 4.99 Å². The Kier molecular flexibility index (Phi) is 6.65. The van der Waals surface area contributed by atoms with Gasteiger partial charge in [0.25, 0.3) is 0 Å². The highest BCUT2D eigenvalue weighted by Crippen LogP contribution is 2.03. The third kappa shape index (κ3) is 5.45. The second kappa shape index (κ2) is 8.03. The van der Waals surface area contributed by atoms with Crippen LogP contribution in [0, 0.1) is 0 Å². The summed E-state index contributed by atoms with van der Waals surface area (Å²) >= 11 is 1.86. The van der Waals surface area contributed by atoms with Gasteiger partial charge in [0.15, 0.2) is 5.96 Å². The third-order valence-corrected chi connectivity index (χ3v) is 3.60.